The van der Waals surface area contributed by atoms with E-state index in [-0.39, 0.29) is 6.61 Å². The summed E-state index contributed by atoms with van der Waals surface area (Å²) in [5.74, 6) is -0.966. The minimum atomic E-state index is -0.526. The van der Waals surface area contributed by atoms with E-state index in [9.17, 15) is 9.59 Å². The van der Waals surface area contributed by atoms with Gasteiger partial charge >= 0.3 is 11.9 Å². The summed E-state index contributed by atoms with van der Waals surface area (Å²) in [5, 5.41) is 0. The fraction of sp³-hybridized carbons (Fsp3) is 0.125. The molecule has 0 unspecified atom stereocenters. The molecule has 0 radical (unpaired) electrons. The number of hydrogen-bond donors (Lipinski definition) is 1. The normalized spacial score (nSPS) is 10.1. The molecule has 0 heterocycles. The quantitative estimate of drug-likeness (QED) is 0.666. The van der Waals surface area contributed by atoms with Crippen molar-refractivity contribution in [3.05, 3.63) is 63.6 Å². The number of anilines is 1. The zero-order chi connectivity index (χ0) is 16.1. The van der Waals surface area contributed by atoms with Gasteiger partial charge in [0.05, 0.1) is 18.2 Å². The molecule has 2 N–H and O–H groups in total. The Hall–Kier alpha value is -2.34. The average molecular weight is 364 g/mol. The second-order valence-electron chi connectivity index (χ2n) is 4.50. The van der Waals surface area contributed by atoms with Crippen molar-refractivity contribution < 1.29 is 19.1 Å². The van der Waals surface area contributed by atoms with Crippen molar-refractivity contribution >= 4 is 33.6 Å². The van der Waals surface area contributed by atoms with Gasteiger partial charge in [-0.15, -0.1) is 0 Å². The first-order valence-electron chi connectivity index (χ1n) is 6.40. The van der Waals surface area contributed by atoms with Crippen LogP contribution >= 0.6 is 15.9 Å². The third-order valence-electron chi connectivity index (χ3n) is 2.95. The monoisotopic (exact) mass is 363 g/mol. The van der Waals surface area contributed by atoms with Crippen molar-refractivity contribution in [3.63, 3.8) is 0 Å². The summed E-state index contributed by atoms with van der Waals surface area (Å²) < 4.78 is 10.6. The molecule has 0 spiro atoms. The Morgan fingerprint density at radius 3 is 2.64 bits per heavy atom. The number of carbonyl (C=O) groups excluding carboxylic acids is 2. The van der Waals surface area contributed by atoms with Crippen LogP contribution < -0.4 is 5.73 Å². The van der Waals surface area contributed by atoms with Gasteiger partial charge in [0, 0.05) is 10.2 Å². The Labute approximate surface area is 136 Å². The Kier molecular flexibility index (Phi) is 5.16. The van der Waals surface area contributed by atoms with Crippen LogP contribution in [0.5, 0.6) is 0 Å². The number of methoxy groups -OCH3 is 1. The van der Waals surface area contributed by atoms with Crippen LogP contribution in [0.4, 0.5) is 5.69 Å². The third-order valence-corrected chi connectivity index (χ3v) is 3.45. The highest BCUT2D eigenvalue weighted by molar-refractivity contribution is 9.10. The smallest absolute Gasteiger partial charge is 0.340 e. The average Bonchev–Trinajstić information content (AvgIpc) is 2.54. The molecular weight excluding hydrogens is 350 g/mol. The van der Waals surface area contributed by atoms with Crippen molar-refractivity contribution in [3.8, 4) is 0 Å². The van der Waals surface area contributed by atoms with Crippen molar-refractivity contribution in [2.24, 2.45) is 0 Å². The number of halogens is 1. The van der Waals surface area contributed by atoms with Crippen LogP contribution in [0.3, 0.4) is 0 Å². The molecule has 2 rings (SSSR count). The fourth-order valence-corrected chi connectivity index (χ4v) is 2.20. The SMILES string of the molecule is COC(=O)c1cccc(COC(=O)c2cc(Br)ccc2N)c1. The van der Waals surface area contributed by atoms with E-state index in [1.54, 1.807) is 42.5 Å². The molecule has 0 fully saturated rings. The Bertz CT molecular complexity index is 715. The van der Waals surface area contributed by atoms with Gasteiger partial charge in [-0.2, -0.15) is 0 Å². The van der Waals surface area contributed by atoms with E-state index >= 15 is 0 Å². The Morgan fingerprint density at radius 2 is 1.91 bits per heavy atom. The predicted molar refractivity (Wildman–Crippen MR) is 85.5 cm³/mol. The summed E-state index contributed by atoms with van der Waals surface area (Å²) in [6.45, 7) is 0.0373. The highest BCUT2D eigenvalue weighted by atomic mass is 79.9. The van der Waals surface area contributed by atoms with Crippen LogP contribution in [0.15, 0.2) is 46.9 Å². The van der Waals surface area contributed by atoms with E-state index in [4.69, 9.17) is 10.5 Å². The van der Waals surface area contributed by atoms with E-state index < -0.39 is 11.9 Å². The van der Waals surface area contributed by atoms with Gasteiger partial charge in [0.25, 0.3) is 0 Å². The molecule has 0 saturated carbocycles. The zero-order valence-electron chi connectivity index (χ0n) is 11.8. The standard InChI is InChI=1S/C16H14BrNO4/c1-21-15(19)11-4-2-3-10(7-11)9-22-16(20)13-8-12(17)5-6-14(13)18/h2-8H,9,18H2,1H3. The highest BCUT2D eigenvalue weighted by Crippen LogP contribution is 2.20. The van der Waals surface area contributed by atoms with Crippen LogP contribution in [0, 0.1) is 0 Å². The molecule has 0 aliphatic rings. The number of hydrogen-bond acceptors (Lipinski definition) is 5. The van der Waals surface area contributed by atoms with Crippen molar-refractivity contribution in [1.82, 2.24) is 0 Å². The van der Waals surface area contributed by atoms with Gasteiger partial charge in [-0.05, 0) is 35.9 Å². The highest BCUT2D eigenvalue weighted by Gasteiger charge is 2.12. The van der Waals surface area contributed by atoms with E-state index in [0.29, 0.717) is 22.4 Å². The number of rotatable bonds is 4. The van der Waals surface area contributed by atoms with Crippen LogP contribution in [0.2, 0.25) is 0 Å². The molecule has 2 aromatic carbocycles. The number of ether oxygens (including phenoxy) is 2. The van der Waals surface area contributed by atoms with Crippen LogP contribution in [0.1, 0.15) is 26.3 Å². The summed E-state index contributed by atoms with van der Waals surface area (Å²) in [5.41, 5.74) is 7.48. The number of nitrogens with two attached hydrogens (primary N) is 1. The summed E-state index contributed by atoms with van der Waals surface area (Å²) in [7, 11) is 1.31. The molecule has 0 bridgehead atoms. The number of nitrogen functional groups attached to an aromatic ring is 1. The van der Waals surface area contributed by atoms with E-state index in [1.807, 2.05) is 0 Å². The zero-order valence-corrected chi connectivity index (χ0v) is 13.4. The summed E-state index contributed by atoms with van der Waals surface area (Å²) in [6, 6.07) is 11.7. The summed E-state index contributed by atoms with van der Waals surface area (Å²) in [6.07, 6.45) is 0. The number of carbonyl (C=O) groups is 2. The molecule has 0 aliphatic heterocycles. The van der Waals surface area contributed by atoms with Crippen LogP contribution in [-0.4, -0.2) is 19.0 Å². The second kappa shape index (κ2) is 7.09. The Balaban J connectivity index is 2.08. The van der Waals surface area contributed by atoms with Gasteiger partial charge in [0.2, 0.25) is 0 Å². The molecule has 0 atom stereocenters. The van der Waals surface area contributed by atoms with Crippen molar-refractivity contribution in [2.45, 2.75) is 6.61 Å². The van der Waals surface area contributed by atoms with Crippen molar-refractivity contribution in [2.75, 3.05) is 12.8 Å². The number of benzene rings is 2. The Morgan fingerprint density at radius 1 is 1.14 bits per heavy atom. The van der Waals surface area contributed by atoms with Gasteiger partial charge in [-0.25, -0.2) is 9.59 Å². The minimum absolute atomic E-state index is 0.0373. The molecule has 5 nitrogen and oxygen atoms in total. The lowest BCUT2D eigenvalue weighted by Gasteiger charge is -2.08. The maximum atomic E-state index is 12.1. The minimum Gasteiger partial charge on any atom is -0.465 e. The lowest BCUT2D eigenvalue weighted by atomic mass is 10.1. The molecule has 0 saturated heterocycles. The third kappa shape index (κ3) is 3.85. The molecule has 0 aromatic heterocycles. The van der Waals surface area contributed by atoms with Gasteiger partial charge in [-0.1, -0.05) is 28.1 Å². The lowest BCUT2D eigenvalue weighted by molar-refractivity contribution is 0.0474. The van der Waals surface area contributed by atoms with Crippen molar-refractivity contribution in [1.29, 1.82) is 0 Å². The molecule has 2 aromatic rings. The fourth-order valence-electron chi connectivity index (χ4n) is 1.84. The van der Waals surface area contributed by atoms with Crippen LogP contribution in [-0.2, 0) is 16.1 Å². The molecule has 22 heavy (non-hydrogen) atoms. The summed E-state index contributed by atoms with van der Waals surface area (Å²) in [4.78, 5) is 23.5. The predicted octanol–water partition coefficient (Wildman–Crippen LogP) is 3.17. The first-order valence-corrected chi connectivity index (χ1v) is 7.20. The maximum Gasteiger partial charge on any atom is 0.340 e. The van der Waals surface area contributed by atoms with Gasteiger partial charge in [0.1, 0.15) is 6.61 Å². The van der Waals surface area contributed by atoms with Gasteiger partial charge in [0.15, 0.2) is 0 Å². The first-order chi connectivity index (χ1) is 10.5. The second-order valence-corrected chi connectivity index (χ2v) is 5.42. The molecular formula is C16H14BrNO4. The number of esters is 2. The van der Waals surface area contributed by atoms with E-state index in [0.717, 1.165) is 4.47 Å². The topological polar surface area (TPSA) is 78.6 Å². The van der Waals surface area contributed by atoms with Gasteiger partial charge in [-0.3, -0.25) is 0 Å². The largest absolute Gasteiger partial charge is 0.465 e. The molecule has 0 aliphatic carbocycles. The first kappa shape index (κ1) is 16.0. The molecule has 0 amide bonds. The molecule has 6 heteroatoms. The molecule has 114 valence electrons. The maximum absolute atomic E-state index is 12.1. The van der Waals surface area contributed by atoms with Gasteiger partial charge < -0.3 is 15.2 Å². The van der Waals surface area contributed by atoms with E-state index in [2.05, 4.69) is 20.7 Å². The lowest BCUT2D eigenvalue weighted by Crippen LogP contribution is -2.09. The van der Waals surface area contributed by atoms with Crippen LogP contribution in [0.25, 0.3) is 0 Å². The van der Waals surface area contributed by atoms with E-state index in [1.165, 1.54) is 7.11 Å². The summed E-state index contributed by atoms with van der Waals surface area (Å²) >= 11 is 3.28.